The Labute approximate surface area is 161 Å². The lowest BCUT2D eigenvalue weighted by atomic mass is 10.1. The number of ether oxygens (including phenoxy) is 1. The summed E-state index contributed by atoms with van der Waals surface area (Å²) < 4.78 is 18.5. The average molecular weight is 381 g/mol. The van der Waals surface area contributed by atoms with Crippen LogP contribution in [-0.4, -0.2) is 47.1 Å². The van der Waals surface area contributed by atoms with Gasteiger partial charge in [0.1, 0.15) is 0 Å². The van der Waals surface area contributed by atoms with Crippen molar-refractivity contribution in [3.05, 3.63) is 60.2 Å². The van der Waals surface area contributed by atoms with Crippen LogP contribution in [0.25, 0.3) is 11.4 Å². The van der Waals surface area contributed by atoms with Crippen LogP contribution in [-0.2, 0) is 0 Å². The van der Waals surface area contributed by atoms with E-state index in [0.29, 0.717) is 18.1 Å². The fourth-order valence-corrected chi connectivity index (χ4v) is 3.27. The average Bonchev–Trinajstić information content (AvgIpc) is 3.41. The highest BCUT2D eigenvalue weighted by molar-refractivity contribution is 5.94. The van der Waals surface area contributed by atoms with Crippen molar-refractivity contribution in [2.75, 3.05) is 25.1 Å². The number of carbonyl (C=O) groups excluding carboxylic acids is 1. The zero-order chi connectivity index (χ0) is 19.5. The smallest absolute Gasteiger partial charge is 0.251 e. The number of H-pyrrole nitrogens is 1. The van der Waals surface area contributed by atoms with E-state index in [4.69, 9.17) is 4.74 Å². The predicted molar refractivity (Wildman–Crippen MR) is 103 cm³/mol. The molecule has 1 atom stereocenters. The Morgan fingerprint density at radius 2 is 2.25 bits per heavy atom. The summed E-state index contributed by atoms with van der Waals surface area (Å²) in [7, 11) is 1.37. The number of amides is 1. The summed E-state index contributed by atoms with van der Waals surface area (Å²) in [6, 6.07) is 9.77. The molecule has 1 saturated heterocycles. The first kappa shape index (κ1) is 18.0. The van der Waals surface area contributed by atoms with Crippen molar-refractivity contribution < 1.29 is 13.9 Å². The van der Waals surface area contributed by atoms with Gasteiger partial charge in [-0.1, -0.05) is 0 Å². The number of benzene rings is 1. The molecule has 8 heteroatoms. The van der Waals surface area contributed by atoms with E-state index in [2.05, 4.69) is 20.3 Å². The highest BCUT2D eigenvalue weighted by Gasteiger charge is 2.26. The molecule has 1 aliphatic rings. The molecule has 0 radical (unpaired) electrons. The van der Waals surface area contributed by atoms with Gasteiger partial charge in [0.15, 0.2) is 11.6 Å². The number of rotatable bonds is 5. The van der Waals surface area contributed by atoms with Gasteiger partial charge in [-0.25, -0.2) is 14.4 Å². The molecule has 28 heavy (non-hydrogen) atoms. The van der Waals surface area contributed by atoms with E-state index in [-0.39, 0.29) is 17.7 Å². The van der Waals surface area contributed by atoms with Crippen LogP contribution in [0.3, 0.4) is 0 Å². The molecule has 1 fully saturated rings. The van der Waals surface area contributed by atoms with Crippen molar-refractivity contribution >= 4 is 11.9 Å². The molecule has 7 nitrogen and oxygen atoms in total. The Morgan fingerprint density at radius 3 is 3.04 bits per heavy atom. The normalized spacial score (nSPS) is 16.2. The lowest BCUT2D eigenvalue weighted by Gasteiger charge is -2.17. The van der Waals surface area contributed by atoms with E-state index in [1.165, 1.54) is 25.3 Å². The van der Waals surface area contributed by atoms with Gasteiger partial charge in [0.2, 0.25) is 5.95 Å². The summed E-state index contributed by atoms with van der Waals surface area (Å²) in [6.45, 7) is 1.35. The maximum absolute atomic E-state index is 13.5. The molecule has 1 aromatic carbocycles. The summed E-state index contributed by atoms with van der Waals surface area (Å²) in [5.74, 6) is -0.0704. The summed E-state index contributed by atoms with van der Waals surface area (Å²) in [5.41, 5.74) is 2.11. The Morgan fingerprint density at radius 1 is 1.36 bits per heavy atom. The molecule has 2 N–H and O–H groups in total. The largest absolute Gasteiger partial charge is 0.494 e. The summed E-state index contributed by atoms with van der Waals surface area (Å²) in [5, 5.41) is 2.99. The molecule has 1 aliphatic heterocycles. The molecular formula is C20H20FN5O2. The van der Waals surface area contributed by atoms with Gasteiger partial charge in [0, 0.05) is 37.1 Å². The second-order valence-electron chi connectivity index (χ2n) is 6.58. The topological polar surface area (TPSA) is 83.1 Å². The van der Waals surface area contributed by atoms with Gasteiger partial charge in [-0.2, -0.15) is 0 Å². The van der Waals surface area contributed by atoms with Crippen molar-refractivity contribution in [2.45, 2.75) is 12.5 Å². The molecule has 3 aromatic rings. The minimum atomic E-state index is -0.495. The molecule has 0 spiro atoms. The van der Waals surface area contributed by atoms with E-state index in [1.54, 1.807) is 6.20 Å². The van der Waals surface area contributed by atoms with Crippen LogP contribution < -0.4 is 15.0 Å². The first-order valence-electron chi connectivity index (χ1n) is 9.00. The molecule has 144 valence electrons. The van der Waals surface area contributed by atoms with Crippen LogP contribution in [0.1, 0.15) is 16.8 Å². The summed E-state index contributed by atoms with van der Waals surface area (Å²) >= 11 is 0. The summed E-state index contributed by atoms with van der Waals surface area (Å²) in [4.78, 5) is 26.6. The molecule has 4 rings (SSSR count). The number of nitrogens with one attached hydrogen (secondary N) is 2. The highest BCUT2D eigenvalue weighted by atomic mass is 19.1. The zero-order valence-corrected chi connectivity index (χ0v) is 15.4. The molecule has 3 heterocycles. The van der Waals surface area contributed by atoms with E-state index in [9.17, 15) is 9.18 Å². The van der Waals surface area contributed by atoms with Gasteiger partial charge in [0.05, 0.1) is 18.5 Å². The van der Waals surface area contributed by atoms with Crippen LogP contribution in [0.2, 0.25) is 0 Å². The molecule has 0 bridgehead atoms. The summed E-state index contributed by atoms with van der Waals surface area (Å²) in [6.07, 6.45) is 4.36. The Balaban J connectivity index is 1.42. The zero-order valence-electron chi connectivity index (χ0n) is 15.4. The fourth-order valence-electron chi connectivity index (χ4n) is 3.27. The van der Waals surface area contributed by atoms with Crippen molar-refractivity contribution in [1.29, 1.82) is 0 Å². The van der Waals surface area contributed by atoms with Crippen LogP contribution in [0.15, 0.2) is 48.8 Å². The Bertz CT molecular complexity index is 976. The molecule has 0 saturated carbocycles. The third-order valence-corrected chi connectivity index (χ3v) is 4.74. The number of nitrogens with zero attached hydrogens (tertiary/aromatic N) is 3. The second-order valence-corrected chi connectivity index (χ2v) is 6.58. The number of aromatic nitrogens is 3. The first-order chi connectivity index (χ1) is 13.6. The minimum absolute atomic E-state index is 0.0405. The van der Waals surface area contributed by atoms with Crippen molar-refractivity contribution in [3.8, 4) is 17.1 Å². The van der Waals surface area contributed by atoms with Crippen LogP contribution in [0.4, 0.5) is 10.3 Å². The van der Waals surface area contributed by atoms with E-state index >= 15 is 0 Å². The van der Waals surface area contributed by atoms with Gasteiger partial charge in [-0.15, -0.1) is 0 Å². The van der Waals surface area contributed by atoms with E-state index in [1.807, 2.05) is 29.3 Å². The van der Waals surface area contributed by atoms with Crippen molar-refractivity contribution in [1.82, 2.24) is 20.3 Å². The molecular weight excluding hydrogens is 361 g/mol. The van der Waals surface area contributed by atoms with Gasteiger partial charge in [0.25, 0.3) is 5.91 Å². The lowest BCUT2D eigenvalue weighted by molar-refractivity contribution is 0.0940. The number of halogens is 1. The number of anilines is 1. The quantitative estimate of drug-likeness (QED) is 0.710. The third-order valence-electron chi connectivity index (χ3n) is 4.74. The van der Waals surface area contributed by atoms with Gasteiger partial charge >= 0.3 is 0 Å². The third kappa shape index (κ3) is 3.66. The van der Waals surface area contributed by atoms with Gasteiger partial charge in [-0.05, 0) is 42.8 Å². The highest BCUT2D eigenvalue weighted by Crippen LogP contribution is 2.21. The number of hydrogen-bond acceptors (Lipinski definition) is 5. The molecule has 1 unspecified atom stereocenters. The number of carbonyl (C=O) groups is 1. The Hall–Kier alpha value is -3.42. The number of methoxy groups -OCH3 is 1. The van der Waals surface area contributed by atoms with E-state index < -0.39 is 5.82 Å². The fraction of sp³-hybridized carbons (Fsp3) is 0.250. The molecule has 0 aliphatic carbocycles. The second kappa shape index (κ2) is 7.67. The van der Waals surface area contributed by atoms with Gasteiger partial charge < -0.3 is 19.9 Å². The van der Waals surface area contributed by atoms with Gasteiger partial charge in [-0.3, -0.25) is 4.79 Å². The van der Waals surface area contributed by atoms with Crippen LogP contribution in [0, 0.1) is 5.82 Å². The van der Waals surface area contributed by atoms with Crippen LogP contribution in [0.5, 0.6) is 5.75 Å². The standard InChI is InChI=1S/C20H20FN5O2/c1-28-18-11-13(4-5-15(18)21)19(27)24-14-7-10-26(12-14)20-23-9-6-17(25-20)16-3-2-8-22-16/h2-6,8-9,11,14,22H,7,10,12H2,1H3,(H,24,27). The monoisotopic (exact) mass is 381 g/mol. The van der Waals surface area contributed by atoms with Crippen molar-refractivity contribution in [2.24, 2.45) is 0 Å². The van der Waals surface area contributed by atoms with Crippen molar-refractivity contribution in [3.63, 3.8) is 0 Å². The molecule has 2 aromatic heterocycles. The maximum atomic E-state index is 13.5. The predicted octanol–water partition coefficient (Wildman–Crippen LogP) is 2.63. The maximum Gasteiger partial charge on any atom is 0.251 e. The number of hydrogen-bond donors (Lipinski definition) is 2. The van der Waals surface area contributed by atoms with E-state index in [0.717, 1.165) is 24.4 Å². The lowest BCUT2D eigenvalue weighted by Crippen LogP contribution is -2.37. The molecule has 1 amide bonds. The first-order valence-corrected chi connectivity index (χ1v) is 9.00. The number of aromatic amines is 1. The Kier molecular flexibility index (Phi) is 4.92. The van der Waals surface area contributed by atoms with Crippen LogP contribution >= 0.6 is 0 Å². The minimum Gasteiger partial charge on any atom is -0.494 e. The SMILES string of the molecule is COc1cc(C(=O)NC2CCN(c3nccc(-c4ccc[nH]4)n3)C2)ccc1F.